The SMILES string of the molecule is CCOc1ccc(C(=O)NCC(=O)Nc2ccn(CC(=O)O)n2)cc1. The Kier molecular flexibility index (Phi) is 6.10. The van der Waals surface area contributed by atoms with Gasteiger partial charge in [0.2, 0.25) is 5.91 Å². The Bertz CT molecular complexity index is 754. The molecule has 0 unspecified atom stereocenters. The highest BCUT2D eigenvalue weighted by Gasteiger charge is 2.10. The van der Waals surface area contributed by atoms with Crippen molar-refractivity contribution in [1.82, 2.24) is 15.1 Å². The largest absolute Gasteiger partial charge is 0.494 e. The van der Waals surface area contributed by atoms with Crippen molar-refractivity contribution in [1.29, 1.82) is 0 Å². The number of carboxylic acids is 1. The molecule has 0 spiro atoms. The summed E-state index contributed by atoms with van der Waals surface area (Å²) in [6.45, 7) is 1.86. The van der Waals surface area contributed by atoms with Gasteiger partial charge in [-0.25, -0.2) is 0 Å². The summed E-state index contributed by atoms with van der Waals surface area (Å²) in [6.07, 6.45) is 1.43. The lowest BCUT2D eigenvalue weighted by Crippen LogP contribution is -2.33. The van der Waals surface area contributed by atoms with E-state index in [9.17, 15) is 14.4 Å². The topological polar surface area (TPSA) is 123 Å². The predicted molar refractivity (Wildman–Crippen MR) is 88.4 cm³/mol. The second-order valence-electron chi connectivity index (χ2n) is 4.98. The molecule has 0 bridgehead atoms. The van der Waals surface area contributed by atoms with Crippen molar-refractivity contribution in [3.63, 3.8) is 0 Å². The van der Waals surface area contributed by atoms with Crippen molar-refractivity contribution < 1.29 is 24.2 Å². The molecule has 132 valence electrons. The van der Waals surface area contributed by atoms with Crippen LogP contribution in [-0.2, 0) is 16.1 Å². The molecule has 0 saturated carbocycles. The summed E-state index contributed by atoms with van der Waals surface area (Å²) in [5.41, 5.74) is 0.405. The van der Waals surface area contributed by atoms with Crippen molar-refractivity contribution in [2.24, 2.45) is 0 Å². The molecule has 9 heteroatoms. The molecule has 3 N–H and O–H groups in total. The maximum atomic E-state index is 12.0. The molecular formula is C16H18N4O5. The number of aromatic nitrogens is 2. The van der Waals surface area contributed by atoms with Gasteiger partial charge >= 0.3 is 5.97 Å². The third-order valence-electron chi connectivity index (χ3n) is 3.04. The van der Waals surface area contributed by atoms with Crippen LogP contribution in [-0.4, -0.2) is 45.8 Å². The van der Waals surface area contributed by atoms with E-state index in [-0.39, 0.29) is 18.9 Å². The number of anilines is 1. The van der Waals surface area contributed by atoms with E-state index >= 15 is 0 Å². The molecule has 0 atom stereocenters. The number of aliphatic carboxylic acids is 1. The van der Waals surface area contributed by atoms with E-state index < -0.39 is 17.8 Å². The smallest absolute Gasteiger partial charge is 0.325 e. The quantitative estimate of drug-likeness (QED) is 0.648. The van der Waals surface area contributed by atoms with Gasteiger partial charge in [-0.2, -0.15) is 5.10 Å². The van der Waals surface area contributed by atoms with Crippen LogP contribution in [0.5, 0.6) is 5.75 Å². The van der Waals surface area contributed by atoms with Gasteiger partial charge in [0.25, 0.3) is 5.91 Å². The molecule has 2 amide bonds. The zero-order chi connectivity index (χ0) is 18.2. The molecule has 0 radical (unpaired) electrons. The standard InChI is InChI=1S/C16H18N4O5/c1-2-25-12-5-3-11(4-6-12)16(24)17-9-14(21)18-13-7-8-20(19-13)10-15(22)23/h3-8H,2,9-10H2,1H3,(H,17,24)(H,22,23)(H,18,19,21). The van der Waals surface area contributed by atoms with Gasteiger partial charge in [0, 0.05) is 17.8 Å². The summed E-state index contributed by atoms with van der Waals surface area (Å²) in [4.78, 5) is 34.4. The molecule has 1 heterocycles. The molecule has 0 aliphatic rings. The van der Waals surface area contributed by atoms with Crippen LogP contribution >= 0.6 is 0 Å². The number of benzene rings is 1. The van der Waals surface area contributed by atoms with Gasteiger partial charge in [-0.1, -0.05) is 0 Å². The van der Waals surface area contributed by atoms with E-state index in [0.717, 1.165) is 0 Å². The second kappa shape index (κ2) is 8.48. The van der Waals surface area contributed by atoms with E-state index in [2.05, 4.69) is 15.7 Å². The number of hydrogen-bond donors (Lipinski definition) is 3. The number of nitrogens with one attached hydrogen (secondary N) is 2. The average Bonchev–Trinajstić information content (AvgIpc) is 2.99. The molecule has 1 aromatic heterocycles. The van der Waals surface area contributed by atoms with E-state index in [4.69, 9.17) is 9.84 Å². The average molecular weight is 346 g/mol. The number of carboxylic acid groups (broad SMARTS) is 1. The monoisotopic (exact) mass is 346 g/mol. The lowest BCUT2D eigenvalue weighted by molar-refractivity contribution is -0.137. The molecule has 0 saturated heterocycles. The summed E-state index contributed by atoms with van der Waals surface area (Å²) in [6, 6.07) is 8.02. The summed E-state index contributed by atoms with van der Waals surface area (Å²) < 4.78 is 6.47. The van der Waals surface area contributed by atoms with Crippen LogP contribution < -0.4 is 15.4 Å². The van der Waals surface area contributed by atoms with Gasteiger partial charge in [-0.15, -0.1) is 0 Å². The summed E-state index contributed by atoms with van der Waals surface area (Å²) >= 11 is 0. The highest BCUT2D eigenvalue weighted by atomic mass is 16.5. The maximum absolute atomic E-state index is 12.0. The highest BCUT2D eigenvalue weighted by Crippen LogP contribution is 2.11. The fourth-order valence-electron chi connectivity index (χ4n) is 1.97. The maximum Gasteiger partial charge on any atom is 0.325 e. The molecule has 1 aromatic carbocycles. The minimum Gasteiger partial charge on any atom is -0.494 e. The Morgan fingerprint density at radius 1 is 1.20 bits per heavy atom. The second-order valence-corrected chi connectivity index (χ2v) is 4.98. The number of carbonyl (C=O) groups is 3. The van der Waals surface area contributed by atoms with Crippen LogP contribution in [0.1, 0.15) is 17.3 Å². The Morgan fingerprint density at radius 3 is 2.56 bits per heavy atom. The lowest BCUT2D eigenvalue weighted by atomic mass is 10.2. The van der Waals surface area contributed by atoms with Crippen molar-refractivity contribution in [3.8, 4) is 5.75 Å². The van der Waals surface area contributed by atoms with Crippen LogP contribution in [0.4, 0.5) is 5.82 Å². The molecule has 2 aromatic rings. The van der Waals surface area contributed by atoms with E-state index in [0.29, 0.717) is 17.9 Å². The molecule has 2 rings (SSSR count). The normalized spacial score (nSPS) is 10.1. The van der Waals surface area contributed by atoms with Gasteiger partial charge < -0.3 is 20.5 Å². The Hall–Kier alpha value is -3.36. The summed E-state index contributed by atoms with van der Waals surface area (Å²) in [5, 5.41) is 17.5. The summed E-state index contributed by atoms with van der Waals surface area (Å²) in [5.74, 6) is -1.03. The van der Waals surface area contributed by atoms with Crippen LogP contribution in [0.25, 0.3) is 0 Å². The molecule has 0 aliphatic carbocycles. The number of nitrogens with zero attached hydrogens (tertiary/aromatic N) is 2. The van der Waals surface area contributed by atoms with Crippen molar-refractivity contribution in [2.45, 2.75) is 13.5 Å². The predicted octanol–water partition coefficient (Wildman–Crippen LogP) is 0.735. The first-order valence-electron chi connectivity index (χ1n) is 7.54. The minimum absolute atomic E-state index is 0.210. The van der Waals surface area contributed by atoms with Crippen LogP contribution in [0, 0.1) is 0 Å². The fraction of sp³-hybridized carbons (Fsp3) is 0.250. The Morgan fingerprint density at radius 2 is 1.92 bits per heavy atom. The number of ether oxygens (including phenoxy) is 1. The van der Waals surface area contributed by atoms with Gasteiger partial charge in [0.1, 0.15) is 12.3 Å². The Balaban J connectivity index is 1.81. The first-order valence-corrected chi connectivity index (χ1v) is 7.54. The lowest BCUT2D eigenvalue weighted by Gasteiger charge is -2.07. The number of hydrogen-bond acceptors (Lipinski definition) is 5. The molecule has 25 heavy (non-hydrogen) atoms. The van der Waals surface area contributed by atoms with Crippen molar-refractivity contribution in [2.75, 3.05) is 18.5 Å². The zero-order valence-corrected chi connectivity index (χ0v) is 13.6. The molecule has 0 fully saturated rings. The van der Waals surface area contributed by atoms with Crippen LogP contribution in [0.2, 0.25) is 0 Å². The minimum atomic E-state index is -1.04. The first kappa shape index (κ1) is 18.0. The van der Waals surface area contributed by atoms with Crippen LogP contribution in [0.3, 0.4) is 0 Å². The third-order valence-corrected chi connectivity index (χ3v) is 3.04. The van der Waals surface area contributed by atoms with Gasteiger partial charge in [0.15, 0.2) is 5.82 Å². The van der Waals surface area contributed by atoms with Gasteiger partial charge in [-0.3, -0.25) is 19.1 Å². The number of rotatable bonds is 8. The number of amides is 2. The van der Waals surface area contributed by atoms with Gasteiger partial charge in [-0.05, 0) is 31.2 Å². The molecule has 0 aliphatic heterocycles. The van der Waals surface area contributed by atoms with Crippen LogP contribution in [0.15, 0.2) is 36.5 Å². The Labute approximate surface area is 143 Å². The van der Waals surface area contributed by atoms with Crippen molar-refractivity contribution >= 4 is 23.6 Å². The van der Waals surface area contributed by atoms with Crippen molar-refractivity contribution in [3.05, 3.63) is 42.1 Å². The number of carbonyl (C=O) groups excluding carboxylic acids is 2. The first-order chi connectivity index (χ1) is 12.0. The molecule has 9 nitrogen and oxygen atoms in total. The van der Waals surface area contributed by atoms with E-state index in [1.165, 1.54) is 16.9 Å². The van der Waals surface area contributed by atoms with E-state index in [1.807, 2.05) is 6.92 Å². The highest BCUT2D eigenvalue weighted by molar-refractivity contribution is 5.99. The van der Waals surface area contributed by atoms with Gasteiger partial charge in [0.05, 0.1) is 13.2 Å². The molecular weight excluding hydrogens is 328 g/mol. The third kappa shape index (κ3) is 5.65. The van der Waals surface area contributed by atoms with E-state index in [1.54, 1.807) is 24.3 Å². The zero-order valence-electron chi connectivity index (χ0n) is 13.6. The fourth-order valence-corrected chi connectivity index (χ4v) is 1.97. The summed E-state index contributed by atoms with van der Waals surface area (Å²) in [7, 11) is 0.